The number of anilines is 1. The maximum absolute atomic E-state index is 13.0. The topological polar surface area (TPSA) is 121 Å². The Morgan fingerprint density at radius 1 is 1.21 bits per heavy atom. The van der Waals surface area contributed by atoms with E-state index in [2.05, 4.69) is 15.5 Å². The van der Waals surface area contributed by atoms with Gasteiger partial charge in [-0.15, -0.1) is 0 Å². The number of nitrogens with zero attached hydrogens (tertiary/aromatic N) is 3. The Kier molecular flexibility index (Phi) is 5.95. The Morgan fingerprint density at radius 3 is 2.62 bits per heavy atom. The number of H-pyrrole nitrogens is 1. The number of rotatable bonds is 8. The van der Waals surface area contributed by atoms with Crippen LogP contribution in [0, 0.1) is 10.1 Å². The fourth-order valence-electron chi connectivity index (χ4n) is 3.01. The summed E-state index contributed by atoms with van der Waals surface area (Å²) in [7, 11) is -3.92. The number of aromatic amines is 1. The molecule has 0 aliphatic heterocycles. The van der Waals surface area contributed by atoms with Crippen molar-refractivity contribution in [3.8, 4) is 0 Å². The van der Waals surface area contributed by atoms with Crippen molar-refractivity contribution in [2.75, 3.05) is 18.5 Å². The van der Waals surface area contributed by atoms with Gasteiger partial charge in [-0.1, -0.05) is 32.0 Å². The molecule has 0 saturated heterocycles. The molecule has 2 aromatic carbocycles. The molecule has 3 rings (SSSR count). The van der Waals surface area contributed by atoms with Crippen LogP contribution in [0.25, 0.3) is 10.9 Å². The Bertz CT molecular complexity index is 1170. The van der Waals surface area contributed by atoms with Crippen molar-refractivity contribution in [2.24, 2.45) is 5.10 Å². The number of non-ortho nitro benzene ring substituents is 1. The minimum absolute atomic E-state index is 0.165. The Labute approximate surface area is 168 Å². The molecule has 0 atom stereocenters. The number of nitro benzene ring substituents is 1. The summed E-state index contributed by atoms with van der Waals surface area (Å²) in [6.07, 6.45) is 3.35. The maximum Gasteiger partial charge on any atom is 0.270 e. The lowest BCUT2D eigenvalue weighted by molar-refractivity contribution is -0.385. The van der Waals surface area contributed by atoms with Crippen LogP contribution in [0.2, 0.25) is 0 Å². The van der Waals surface area contributed by atoms with E-state index in [0.717, 1.165) is 22.5 Å². The summed E-state index contributed by atoms with van der Waals surface area (Å²) in [6, 6.07) is 11.3. The maximum atomic E-state index is 13.0. The summed E-state index contributed by atoms with van der Waals surface area (Å²) < 4.78 is 27.2. The van der Waals surface area contributed by atoms with E-state index in [1.165, 1.54) is 16.4 Å². The van der Waals surface area contributed by atoms with E-state index in [1.54, 1.807) is 26.3 Å². The van der Waals surface area contributed by atoms with E-state index in [-0.39, 0.29) is 29.4 Å². The van der Waals surface area contributed by atoms with E-state index < -0.39 is 14.9 Å². The van der Waals surface area contributed by atoms with Gasteiger partial charge in [-0.2, -0.15) is 9.41 Å². The van der Waals surface area contributed by atoms with Crippen LogP contribution >= 0.6 is 0 Å². The van der Waals surface area contributed by atoms with E-state index >= 15 is 0 Å². The van der Waals surface area contributed by atoms with Crippen molar-refractivity contribution in [1.29, 1.82) is 0 Å². The zero-order valence-corrected chi connectivity index (χ0v) is 16.8. The molecule has 29 heavy (non-hydrogen) atoms. The number of hydrazone groups is 1. The Balaban J connectivity index is 1.97. The highest BCUT2D eigenvalue weighted by molar-refractivity contribution is 7.89. The molecule has 9 nitrogen and oxygen atoms in total. The van der Waals surface area contributed by atoms with Gasteiger partial charge in [-0.05, 0) is 12.1 Å². The summed E-state index contributed by atoms with van der Waals surface area (Å²) in [4.78, 5) is 13.5. The SMILES string of the molecule is CCN(CC)S(=O)(=O)c1cc([N+](=O)[O-])ccc1NN=Cc1c[nH]c2ccccc12. The predicted molar refractivity (Wildman–Crippen MR) is 113 cm³/mol. The van der Waals surface area contributed by atoms with Crippen molar-refractivity contribution in [1.82, 2.24) is 9.29 Å². The lowest BCUT2D eigenvalue weighted by Crippen LogP contribution is -2.31. The van der Waals surface area contributed by atoms with E-state index in [9.17, 15) is 18.5 Å². The predicted octanol–water partition coefficient (Wildman–Crippen LogP) is 3.55. The molecule has 0 radical (unpaired) electrons. The van der Waals surface area contributed by atoms with Gasteiger partial charge < -0.3 is 4.98 Å². The van der Waals surface area contributed by atoms with Gasteiger partial charge in [-0.25, -0.2) is 8.42 Å². The van der Waals surface area contributed by atoms with Gasteiger partial charge in [0.05, 0.1) is 16.8 Å². The molecule has 0 aliphatic carbocycles. The molecule has 3 aromatic rings. The number of hydrogen-bond acceptors (Lipinski definition) is 6. The third-order valence-electron chi connectivity index (χ3n) is 4.51. The molecular formula is C19H21N5O4S. The number of hydrogen-bond donors (Lipinski definition) is 2. The van der Waals surface area contributed by atoms with E-state index in [4.69, 9.17) is 0 Å². The van der Waals surface area contributed by atoms with Gasteiger partial charge in [0.1, 0.15) is 4.90 Å². The lowest BCUT2D eigenvalue weighted by Gasteiger charge is -2.20. The van der Waals surface area contributed by atoms with Crippen molar-refractivity contribution in [2.45, 2.75) is 18.7 Å². The number of aromatic nitrogens is 1. The standard InChI is InChI=1S/C19H21N5O4S/c1-3-23(4-2)29(27,28)19-11-15(24(25)26)9-10-18(19)22-21-13-14-12-20-17-8-6-5-7-16(14)17/h5-13,20,22H,3-4H2,1-2H3. The highest BCUT2D eigenvalue weighted by Gasteiger charge is 2.27. The minimum Gasteiger partial charge on any atom is -0.361 e. The van der Waals surface area contributed by atoms with Crippen molar-refractivity contribution in [3.63, 3.8) is 0 Å². The van der Waals surface area contributed by atoms with Gasteiger partial charge in [0.15, 0.2) is 0 Å². The second-order valence-corrected chi connectivity index (χ2v) is 8.09. The van der Waals surface area contributed by atoms with Crippen LogP contribution in [0.15, 0.2) is 58.7 Å². The third-order valence-corrected chi connectivity index (χ3v) is 6.60. The Hall–Kier alpha value is -3.24. The number of nitro groups is 1. The number of benzene rings is 2. The van der Waals surface area contributed by atoms with Crippen molar-refractivity contribution in [3.05, 3.63) is 64.3 Å². The first kappa shape index (κ1) is 20.5. The number of fused-ring (bicyclic) bond motifs is 1. The molecule has 0 fully saturated rings. The second-order valence-electron chi connectivity index (χ2n) is 6.19. The van der Waals surface area contributed by atoms with Crippen LogP contribution in [0.4, 0.5) is 11.4 Å². The zero-order valence-electron chi connectivity index (χ0n) is 16.0. The smallest absolute Gasteiger partial charge is 0.270 e. The summed E-state index contributed by atoms with van der Waals surface area (Å²) in [5.74, 6) is 0. The first-order valence-corrected chi connectivity index (χ1v) is 10.5. The van der Waals surface area contributed by atoms with Gasteiger partial charge in [0.25, 0.3) is 5.69 Å². The Morgan fingerprint density at radius 2 is 1.93 bits per heavy atom. The molecule has 0 spiro atoms. The molecule has 0 bridgehead atoms. The molecule has 0 aliphatic rings. The molecule has 1 heterocycles. The highest BCUT2D eigenvalue weighted by Crippen LogP contribution is 2.29. The number of para-hydroxylation sites is 1. The first-order valence-electron chi connectivity index (χ1n) is 9.02. The van der Waals surface area contributed by atoms with Gasteiger partial charge >= 0.3 is 0 Å². The zero-order chi connectivity index (χ0) is 21.0. The summed E-state index contributed by atoms with van der Waals surface area (Å²) in [5.41, 5.74) is 4.36. The third kappa shape index (κ3) is 4.13. The monoisotopic (exact) mass is 415 g/mol. The lowest BCUT2D eigenvalue weighted by atomic mass is 10.2. The van der Waals surface area contributed by atoms with E-state index in [1.807, 2.05) is 24.3 Å². The van der Waals surface area contributed by atoms with Gasteiger partial charge in [0, 0.05) is 47.9 Å². The first-order chi connectivity index (χ1) is 13.9. The average Bonchev–Trinajstić information content (AvgIpc) is 3.12. The highest BCUT2D eigenvalue weighted by atomic mass is 32.2. The van der Waals surface area contributed by atoms with Crippen molar-refractivity contribution >= 4 is 38.5 Å². The van der Waals surface area contributed by atoms with Crippen LogP contribution in [-0.4, -0.2) is 41.9 Å². The summed E-state index contributed by atoms with van der Waals surface area (Å²) >= 11 is 0. The van der Waals surface area contributed by atoms with Crippen LogP contribution in [0.5, 0.6) is 0 Å². The molecular weight excluding hydrogens is 394 g/mol. The molecule has 152 valence electrons. The number of nitrogens with one attached hydrogen (secondary N) is 2. The van der Waals surface area contributed by atoms with Crippen LogP contribution in [0.3, 0.4) is 0 Å². The van der Waals surface area contributed by atoms with Gasteiger partial charge in [-0.3, -0.25) is 15.5 Å². The molecule has 0 saturated carbocycles. The average molecular weight is 415 g/mol. The molecule has 0 amide bonds. The number of sulfonamides is 1. The quantitative estimate of drug-likeness (QED) is 0.331. The fraction of sp³-hybridized carbons (Fsp3) is 0.211. The minimum atomic E-state index is -3.92. The molecule has 10 heteroatoms. The van der Waals surface area contributed by atoms with Crippen LogP contribution in [0.1, 0.15) is 19.4 Å². The largest absolute Gasteiger partial charge is 0.361 e. The molecule has 1 aromatic heterocycles. The normalized spacial score (nSPS) is 12.1. The van der Waals surface area contributed by atoms with E-state index in [0.29, 0.717) is 0 Å². The summed E-state index contributed by atoms with van der Waals surface area (Å²) in [6.45, 7) is 3.92. The van der Waals surface area contributed by atoms with Crippen LogP contribution in [-0.2, 0) is 10.0 Å². The fourth-order valence-corrected chi connectivity index (χ4v) is 4.62. The second kappa shape index (κ2) is 8.41. The molecule has 0 unspecified atom stereocenters. The van der Waals surface area contributed by atoms with Gasteiger partial charge in [0.2, 0.25) is 10.0 Å². The summed E-state index contributed by atoms with van der Waals surface area (Å²) in [5, 5.41) is 16.3. The van der Waals surface area contributed by atoms with Crippen LogP contribution < -0.4 is 5.43 Å². The van der Waals surface area contributed by atoms with Crippen molar-refractivity contribution < 1.29 is 13.3 Å². The molecule has 2 N–H and O–H groups in total.